The first-order valence-electron chi connectivity index (χ1n) is 14.1. The molecule has 3 N–H and O–H groups in total. The highest BCUT2D eigenvalue weighted by Crippen LogP contribution is 2.32. The molecule has 1 saturated carbocycles. The van der Waals surface area contributed by atoms with Gasteiger partial charge in [-0.1, -0.05) is 31.3 Å². The van der Waals surface area contributed by atoms with E-state index in [0.29, 0.717) is 40.7 Å². The van der Waals surface area contributed by atoms with Gasteiger partial charge in [0.15, 0.2) is 5.76 Å². The van der Waals surface area contributed by atoms with Crippen LogP contribution in [0.1, 0.15) is 67.8 Å². The number of hydrogen-bond donors (Lipinski definition) is 3. The summed E-state index contributed by atoms with van der Waals surface area (Å²) in [5.41, 5.74) is 1.96. The second-order valence-electron chi connectivity index (χ2n) is 11.2. The molecule has 1 fully saturated rings. The molecule has 0 spiro atoms. The van der Waals surface area contributed by atoms with E-state index in [4.69, 9.17) is 9.26 Å². The monoisotopic (exact) mass is 555 g/mol. The number of rotatable bonds is 7. The first-order chi connectivity index (χ1) is 19.1. The van der Waals surface area contributed by atoms with Gasteiger partial charge in [0.25, 0.3) is 5.91 Å². The van der Waals surface area contributed by atoms with E-state index in [1.165, 1.54) is 4.90 Å². The van der Waals surface area contributed by atoms with Gasteiger partial charge in [0.1, 0.15) is 23.2 Å². The second kappa shape index (κ2) is 12.7. The van der Waals surface area contributed by atoms with Gasteiger partial charge in [-0.25, -0.2) is 4.79 Å². The van der Waals surface area contributed by atoms with Crippen molar-refractivity contribution in [3.63, 3.8) is 0 Å². The van der Waals surface area contributed by atoms with E-state index < -0.39 is 12.1 Å². The number of aryl methyl sites for hydroxylation is 2. The number of ether oxygens (including phenoxy) is 1. The molecule has 0 radical (unpaired) electrons. The molecule has 2 aliphatic rings. The predicted octanol–water partition coefficient (Wildman–Crippen LogP) is 4.19. The Morgan fingerprint density at radius 2 is 1.93 bits per heavy atom. The molecule has 0 saturated heterocycles. The van der Waals surface area contributed by atoms with Gasteiger partial charge in [-0.05, 0) is 51.8 Å². The number of aliphatic hydroxyl groups is 1. The molecule has 2 heterocycles. The Balaban J connectivity index is 1.56. The molecule has 4 amide bonds. The van der Waals surface area contributed by atoms with E-state index in [-0.39, 0.29) is 42.8 Å². The lowest BCUT2D eigenvalue weighted by Crippen LogP contribution is -2.50. The fourth-order valence-corrected chi connectivity index (χ4v) is 5.34. The molecule has 4 rings (SSSR count). The molecular formula is C29H41N5O6. The van der Waals surface area contributed by atoms with Crippen LogP contribution in [0.5, 0.6) is 5.75 Å². The summed E-state index contributed by atoms with van der Waals surface area (Å²) >= 11 is 0. The Hall–Kier alpha value is -3.60. The highest BCUT2D eigenvalue weighted by molar-refractivity contribution is 6.00. The van der Waals surface area contributed by atoms with Gasteiger partial charge in [-0.2, -0.15) is 0 Å². The number of benzene rings is 1. The third-order valence-electron chi connectivity index (χ3n) is 7.97. The van der Waals surface area contributed by atoms with Crippen LogP contribution in [0.25, 0.3) is 0 Å². The molecule has 2 aromatic rings. The summed E-state index contributed by atoms with van der Waals surface area (Å²) in [5.74, 6) is 0.392. The molecule has 11 nitrogen and oxygen atoms in total. The molecule has 0 unspecified atom stereocenters. The van der Waals surface area contributed by atoms with Gasteiger partial charge in [0.2, 0.25) is 5.91 Å². The lowest BCUT2D eigenvalue weighted by Gasteiger charge is -2.38. The Morgan fingerprint density at radius 3 is 2.58 bits per heavy atom. The van der Waals surface area contributed by atoms with Crippen LogP contribution in [-0.2, 0) is 4.79 Å². The van der Waals surface area contributed by atoms with Gasteiger partial charge in [-0.15, -0.1) is 0 Å². The molecule has 1 aromatic heterocycles. The summed E-state index contributed by atoms with van der Waals surface area (Å²) in [4.78, 5) is 42.7. The third-order valence-corrected chi connectivity index (χ3v) is 7.97. The predicted molar refractivity (Wildman–Crippen MR) is 150 cm³/mol. The van der Waals surface area contributed by atoms with Gasteiger partial charge in [0.05, 0.1) is 24.8 Å². The molecule has 11 heteroatoms. The molecule has 218 valence electrons. The summed E-state index contributed by atoms with van der Waals surface area (Å²) in [6, 6.07) is 4.31. The molecule has 3 atom stereocenters. The zero-order chi connectivity index (χ0) is 29.0. The lowest BCUT2D eigenvalue weighted by molar-refractivity contribution is -0.120. The van der Waals surface area contributed by atoms with Crippen molar-refractivity contribution < 1.29 is 28.8 Å². The van der Waals surface area contributed by atoms with Crippen molar-refractivity contribution in [3.05, 3.63) is 35.2 Å². The number of aliphatic hydroxyl groups excluding tert-OH is 1. The van der Waals surface area contributed by atoms with Crippen LogP contribution in [0.15, 0.2) is 22.7 Å². The van der Waals surface area contributed by atoms with Crippen molar-refractivity contribution in [2.75, 3.05) is 37.4 Å². The Labute approximate surface area is 235 Å². The number of nitrogens with one attached hydrogen (secondary N) is 2. The maximum Gasteiger partial charge on any atom is 0.321 e. The topological polar surface area (TPSA) is 137 Å². The molecule has 1 aliphatic carbocycles. The summed E-state index contributed by atoms with van der Waals surface area (Å²) < 4.78 is 11.5. The molecule has 1 aliphatic heterocycles. The van der Waals surface area contributed by atoms with Crippen molar-refractivity contribution in [3.8, 4) is 5.75 Å². The number of anilines is 2. The van der Waals surface area contributed by atoms with Crippen LogP contribution in [0, 0.1) is 25.7 Å². The number of urea groups is 1. The van der Waals surface area contributed by atoms with Crippen molar-refractivity contribution in [1.29, 1.82) is 0 Å². The van der Waals surface area contributed by atoms with Crippen LogP contribution >= 0.6 is 0 Å². The molecule has 1 aromatic carbocycles. The minimum atomic E-state index is -0.455. The fourth-order valence-electron chi connectivity index (χ4n) is 5.34. The maximum atomic E-state index is 13.7. The minimum absolute atomic E-state index is 0.0223. The largest absolute Gasteiger partial charge is 0.487 e. The van der Waals surface area contributed by atoms with E-state index >= 15 is 0 Å². The minimum Gasteiger partial charge on any atom is -0.487 e. The number of hydrogen-bond acceptors (Lipinski definition) is 7. The van der Waals surface area contributed by atoms with Crippen LogP contribution in [0.2, 0.25) is 0 Å². The highest BCUT2D eigenvalue weighted by atomic mass is 16.5. The van der Waals surface area contributed by atoms with Crippen LogP contribution in [0.4, 0.5) is 16.2 Å². The highest BCUT2D eigenvalue weighted by Gasteiger charge is 2.34. The van der Waals surface area contributed by atoms with Gasteiger partial charge in [-0.3, -0.25) is 9.59 Å². The first kappa shape index (κ1) is 29.4. The Morgan fingerprint density at radius 1 is 1.20 bits per heavy atom. The Kier molecular flexibility index (Phi) is 9.34. The SMILES string of the molecule is Cc1noc(C)c1NC(=O)N(C)C[C@@H]1Oc2ccc(NC(=O)C3CCCCC3)cc2C(=O)N([C@H](C)CO)C[C@@H]1C. The van der Waals surface area contributed by atoms with Crippen molar-refractivity contribution in [1.82, 2.24) is 15.0 Å². The average Bonchev–Trinajstić information content (AvgIpc) is 3.27. The number of nitrogens with zero attached hydrogens (tertiary/aromatic N) is 3. The third kappa shape index (κ3) is 6.57. The van der Waals surface area contributed by atoms with Gasteiger partial charge < -0.3 is 34.8 Å². The van der Waals surface area contributed by atoms with E-state index in [9.17, 15) is 19.5 Å². The van der Waals surface area contributed by atoms with Gasteiger partial charge >= 0.3 is 6.03 Å². The fraction of sp³-hybridized carbons (Fsp3) is 0.586. The molecular weight excluding hydrogens is 514 g/mol. The van der Waals surface area contributed by atoms with Crippen LogP contribution in [-0.4, -0.2) is 76.8 Å². The van der Waals surface area contributed by atoms with Crippen molar-refractivity contribution in [2.24, 2.45) is 11.8 Å². The number of carbonyl (C=O) groups excluding carboxylic acids is 3. The van der Waals surface area contributed by atoms with E-state index in [1.807, 2.05) is 6.92 Å². The molecule has 0 bridgehead atoms. The lowest BCUT2D eigenvalue weighted by atomic mass is 9.88. The maximum absolute atomic E-state index is 13.7. The summed E-state index contributed by atoms with van der Waals surface area (Å²) in [6.07, 6.45) is 4.54. The summed E-state index contributed by atoms with van der Waals surface area (Å²) in [5, 5.41) is 19.6. The van der Waals surface area contributed by atoms with Crippen molar-refractivity contribution >= 4 is 29.2 Å². The number of amides is 4. The molecule has 40 heavy (non-hydrogen) atoms. The van der Waals surface area contributed by atoms with E-state index in [1.54, 1.807) is 50.9 Å². The van der Waals surface area contributed by atoms with Crippen LogP contribution in [0.3, 0.4) is 0 Å². The second-order valence-corrected chi connectivity index (χ2v) is 11.2. The number of fused-ring (bicyclic) bond motifs is 1. The number of aromatic nitrogens is 1. The zero-order valence-electron chi connectivity index (χ0n) is 24.0. The number of likely N-dealkylation sites (N-methyl/N-ethyl adjacent to an activating group) is 1. The van der Waals surface area contributed by atoms with Crippen molar-refractivity contribution in [2.45, 2.75) is 71.9 Å². The number of carbonyl (C=O) groups is 3. The van der Waals surface area contributed by atoms with E-state index in [2.05, 4.69) is 15.8 Å². The quantitative estimate of drug-likeness (QED) is 0.466. The smallest absolute Gasteiger partial charge is 0.321 e. The van der Waals surface area contributed by atoms with Gasteiger partial charge in [0, 0.05) is 31.1 Å². The van der Waals surface area contributed by atoms with Crippen LogP contribution < -0.4 is 15.4 Å². The van der Waals surface area contributed by atoms with E-state index in [0.717, 1.165) is 32.1 Å². The zero-order valence-corrected chi connectivity index (χ0v) is 24.0. The summed E-state index contributed by atoms with van der Waals surface area (Å²) in [6.45, 7) is 7.60. The normalized spacial score (nSPS) is 20.6. The average molecular weight is 556 g/mol. The standard InChI is InChI=1S/C29H41N5O6/c1-17-14-34(18(2)16-35)28(37)23-13-22(30-27(36)21-9-7-6-8-10-21)11-12-24(23)39-25(17)15-33(5)29(38)31-26-19(3)32-40-20(26)4/h11-13,17-18,21,25,35H,6-10,14-16H2,1-5H3,(H,30,36)(H,31,38)/t17-,18+,25-/m0/s1. The Bertz CT molecular complexity index is 1200. The first-order valence-corrected chi connectivity index (χ1v) is 14.1. The summed E-state index contributed by atoms with van der Waals surface area (Å²) in [7, 11) is 1.67.